The standard InChI is InChI=1S/C12H20N2S/c1-10(2)12-8-14(6-3-5-13-12)11-4-7-15-9-11/h4,7,9-10,12-13H,3,5-6,8H2,1-2H3. The Labute approximate surface area is 96.3 Å². The van der Waals surface area contributed by atoms with Gasteiger partial charge in [0.1, 0.15) is 0 Å². The van der Waals surface area contributed by atoms with Gasteiger partial charge in [-0.3, -0.25) is 0 Å². The summed E-state index contributed by atoms with van der Waals surface area (Å²) < 4.78 is 0. The van der Waals surface area contributed by atoms with Crippen molar-refractivity contribution in [3.63, 3.8) is 0 Å². The fourth-order valence-electron chi connectivity index (χ4n) is 2.07. The Morgan fingerprint density at radius 2 is 2.40 bits per heavy atom. The SMILES string of the molecule is CC(C)C1CN(c2ccsc2)CCCN1. The van der Waals surface area contributed by atoms with Crippen molar-refractivity contribution in [2.45, 2.75) is 26.3 Å². The van der Waals surface area contributed by atoms with Gasteiger partial charge in [-0.1, -0.05) is 13.8 Å². The maximum atomic E-state index is 3.63. The molecule has 0 spiro atoms. The van der Waals surface area contributed by atoms with E-state index in [0.29, 0.717) is 12.0 Å². The van der Waals surface area contributed by atoms with Gasteiger partial charge < -0.3 is 10.2 Å². The van der Waals surface area contributed by atoms with E-state index in [1.54, 1.807) is 11.3 Å². The summed E-state index contributed by atoms with van der Waals surface area (Å²) in [4.78, 5) is 2.52. The zero-order valence-electron chi connectivity index (χ0n) is 9.57. The van der Waals surface area contributed by atoms with Crippen LogP contribution >= 0.6 is 11.3 Å². The van der Waals surface area contributed by atoms with Crippen molar-refractivity contribution < 1.29 is 0 Å². The summed E-state index contributed by atoms with van der Waals surface area (Å²) in [6.07, 6.45) is 1.25. The Morgan fingerprint density at radius 3 is 3.07 bits per heavy atom. The number of nitrogens with zero attached hydrogens (tertiary/aromatic N) is 1. The number of hydrogen-bond acceptors (Lipinski definition) is 3. The summed E-state index contributed by atoms with van der Waals surface area (Å²) >= 11 is 1.79. The highest BCUT2D eigenvalue weighted by molar-refractivity contribution is 7.08. The topological polar surface area (TPSA) is 15.3 Å². The van der Waals surface area contributed by atoms with Crippen LogP contribution < -0.4 is 10.2 Å². The van der Waals surface area contributed by atoms with Gasteiger partial charge in [0.2, 0.25) is 0 Å². The van der Waals surface area contributed by atoms with Gasteiger partial charge in [0.15, 0.2) is 0 Å². The largest absolute Gasteiger partial charge is 0.369 e. The van der Waals surface area contributed by atoms with E-state index in [1.807, 2.05) is 0 Å². The first-order valence-electron chi connectivity index (χ1n) is 5.78. The van der Waals surface area contributed by atoms with Crippen LogP contribution in [0.4, 0.5) is 5.69 Å². The van der Waals surface area contributed by atoms with Gasteiger partial charge >= 0.3 is 0 Å². The third-order valence-corrected chi connectivity index (χ3v) is 3.78. The van der Waals surface area contributed by atoms with E-state index in [9.17, 15) is 0 Å². The minimum atomic E-state index is 0.632. The molecule has 1 aliphatic heterocycles. The molecule has 1 fully saturated rings. The number of rotatable bonds is 2. The molecule has 3 heteroatoms. The van der Waals surface area contributed by atoms with Crippen LogP contribution in [0.25, 0.3) is 0 Å². The molecular formula is C12H20N2S. The second-order valence-corrected chi connectivity index (χ2v) is 5.37. The minimum Gasteiger partial charge on any atom is -0.369 e. The average Bonchev–Trinajstić information content (AvgIpc) is 2.62. The lowest BCUT2D eigenvalue weighted by Crippen LogP contribution is -2.41. The van der Waals surface area contributed by atoms with E-state index in [-0.39, 0.29) is 0 Å². The van der Waals surface area contributed by atoms with Gasteiger partial charge in [-0.15, -0.1) is 0 Å². The van der Waals surface area contributed by atoms with Crippen molar-refractivity contribution in [1.29, 1.82) is 0 Å². The molecule has 84 valence electrons. The Kier molecular flexibility index (Phi) is 3.65. The number of anilines is 1. The zero-order chi connectivity index (χ0) is 10.7. The predicted octanol–water partition coefficient (Wildman–Crippen LogP) is 2.57. The third kappa shape index (κ3) is 2.73. The molecule has 0 aromatic carbocycles. The van der Waals surface area contributed by atoms with Gasteiger partial charge in [0.05, 0.1) is 0 Å². The molecule has 2 nitrogen and oxygen atoms in total. The summed E-state index contributed by atoms with van der Waals surface area (Å²) in [7, 11) is 0. The highest BCUT2D eigenvalue weighted by atomic mass is 32.1. The molecule has 0 aliphatic carbocycles. The van der Waals surface area contributed by atoms with E-state index >= 15 is 0 Å². The van der Waals surface area contributed by atoms with Crippen molar-refractivity contribution in [3.8, 4) is 0 Å². The molecule has 0 bridgehead atoms. The maximum absolute atomic E-state index is 3.63. The van der Waals surface area contributed by atoms with Crippen molar-refractivity contribution in [2.24, 2.45) is 5.92 Å². The monoisotopic (exact) mass is 224 g/mol. The minimum absolute atomic E-state index is 0.632. The van der Waals surface area contributed by atoms with Crippen LogP contribution in [0.1, 0.15) is 20.3 Å². The molecule has 1 atom stereocenters. The van der Waals surface area contributed by atoms with Gasteiger partial charge in [-0.2, -0.15) is 11.3 Å². The van der Waals surface area contributed by atoms with Crippen LogP contribution in [0.15, 0.2) is 16.8 Å². The molecule has 0 radical (unpaired) electrons. The summed E-state index contributed by atoms with van der Waals surface area (Å²) in [5, 5.41) is 8.05. The summed E-state index contributed by atoms with van der Waals surface area (Å²) in [5.74, 6) is 0.712. The van der Waals surface area contributed by atoms with E-state index in [1.165, 1.54) is 18.7 Å². The van der Waals surface area contributed by atoms with Crippen LogP contribution in [-0.4, -0.2) is 25.7 Å². The van der Waals surface area contributed by atoms with Gasteiger partial charge in [0.25, 0.3) is 0 Å². The van der Waals surface area contributed by atoms with E-state index in [2.05, 4.69) is 40.9 Å². The van der Waals surface area contributed by atoms with Crippen LogP contribution in [0, 0.1) is 5.92 Å². The Balaban J connectivity index is 2.05. The first-order valence-corrected chi connectivity index (χ1v) is 6.72. The second kappa shape index (κ2) is 4.99. The van der Waals surface area contributed by atoms with Crippen molar-refractivity contribution in [3.05, 3.63) is 16.8 Å². The highest BCUT2D eigenvalue weighted by Gasteiger charge is 2.20. The molecule has 0 amide bonds. The van der Waals surface area contributed by atoms with Gasteiger partial charge in [0, 0.05) is 30.2 Å². The third-order valence-electron chi connectivity index (χ3n) is 3.10. The zero-order valence-corrected chi connectivity index (χ0v) is 10.4. The fraction of sp³-hybridized carbons (Fsp3) is 0.667. The lowest BCUT2D eigenvalue weighted by atomic mass is 10.0. The molecule has 1 saturated heterocycles. The highest BCUT2D eigenvalue weighted by Crippen LogP contribution is 2.20. The van der Waals surface area contributed by atoms with Crippen LogP contribution in [0.5, 0.6) is 0 Å². The molecule has 0 saturated carbocycles. The van der Waals surface area contributed by atoms with Crippen LogP contribution in [-0.2, 0) is 0 Å². The summed E-state index contributed by atoms with van der Waals surface area (Å²) in [6.45, 7) is 8.09. The Hall–Kier alpha value is -0.540. The number of thiophene rings is 1. The Morgan fingerprint density at radius 1 is 1.53 bits per heavy atom. The molecule has 1 unspecified atom stereocenters. The lowest BCUT2D eigenvalue weighted by molar-refractivity contribution is 0.420. The predicted molar refractivity (Wildman–Crippen MR) is 67.8 cm³/mol. The maximum Gasteiger partial charge on any atom is 0.0475 e. The van der Waals surface area contributed by atoms with Gasteiger partial charge in [-0.25, -0.2) is 0 Å². The fourth-order valence-corrected chi connectivity index (χ4v) is 2.73. The quantitative estimate of drug-likeness (QED) is 0.830. The summed E-state index contributed by atoms with van der Waals surface area (Å²) in [6, 6.07) is 2.86. The first kappa shape index (κ1) is 11.0. The number of hydrogen-bond donors (Lipinski definition) is 1. The van der Waals surface area contributed by atoms with E-state index in [4.69, 9.17) is 0 Å². The Bertz CT molecular complexity index is 282. The molecule has 1 N–H and O–H groups in total. The first-order chi connectivity index (χ1) is 7.27. The van der Waals surface area contributed by atoms with Crippen molar-refractivity contribution >= 4 is 17.0 Å². The molecule has 1 aromatic rings. The van der Waals surface area contributed by atoms with Crippen molar-refractivity contribution in [1.82, 2.24) is 5.32 Å². The average molecular weight is 224 g/mol. The summed E-state index contributed by atoms with van der Waals surface area (Å²) in [5.41, 5.74) is 1.40. The van der Waals surface area contributed by atoms with E-state index in [0.717, 1.165) is 13.1 Å². The second-order valence-electron chi connectivity index (χ2n) is 4.59. The molecule has 2 rings (SSSR count). The van der Waals surface area contributed by atoms with Crippen LogP contribution in [0.2, 0.25) is 0 Å². The van der Waals surface area contributed by atoms with E-state index < -0.39 is 0 Å². The number of nitrogens with one attached hydrogen (secondary N) is 1. The smallest absolute Gasteiger partial charge is 0.0475 e. The molecule has 15 heavy (non-hydrogen) atoms. The lowest BCUT2D eigenvalue weighted by Gasteiger charge is -2.27. The molecule has 1 aromatic heterocycles. The molecular weight excluding hydrogens is 204 g/mol. The van der Waals surface area contributed by atoms with Crippen molar-refractivity contribution in [2.75, 3.05) is 24.5 Å². The van der Waals surface area contributed by atoms with Gasteiger partial charge in [-0.05, 0) is 30.3 Å². The molecule has 1 aliphatic rings. The van der Waals surface area contributed by atoms with Crippen LogP contribution in [0.3, 0.4) is 0 Å². The molecule has 2 heterocycles. The normalized spacial score (nSPS) is 23.1.